The van der Waals surface area contributed by atoms with E-state index in [1.165, 1.54) is 19.3 Å². The van der Waals surface area contributed by atoms with E-state index in [9.17, 15) is 4.79 Å². The van der Waals surface area contributed by atoms with Crippen LogP contribution in [-0.4, -0.2) is 22.9 Å². The zero-order chi connectivity index (χ0) is 10.0. The van der Waals surface area contributed by atoms with Crippen molar-refractivity contribution >= 4 is 5.91 Å². The minimum atomic E-state index is 0.142. The maximum atomic E-state index is 11.8. The fourth-order valence-electron chi connectivity index (χ4n) is 2.15. The zero-order valence-electron chi connectivity index (χ0n) is 9.21. The normalized spacial score (nSPS) is 29.5. The van der Waals surface area contributed by atoms with Crippen molar-refractivity contribution in [2.45, 2.75) is 59.0 Å². The molecule has 0 spiro atoms. The molecule has 1 aliphatic heterocycles. The zero-order valence-corrected chi connectivity index (χ0v) is 9.21. The Bertz CT molecular complexity index is 179. The fraction of sp³-hybridized carbons (Fsp3) is 0.909. The largest absolute Gasteiger partial charge is 0.337 e. The molecule has 13 heavy (non-hydrogen) atoms. The lowest BCUT2D eigenvalue weighted by Crippen LogP contribution is -2.49. The summed E-state index contributed by atoms with van der Waals surface area (Å²) in [5.41, 5.74) is 0. The van der Waals surface area contributed by atoms with Gasteiger partial charge in [-0.2, -0.15) is 0 Å². The van der Waals surface area contributed by atoms with Crippen LogP contribution in [0.1, 0.15) is 47.0 Å². The molecule has 0 aromatic rings. The van der Waals surface area contributed by atoms with E-state index in [1.807, 2.05) is 13.8 Å². The van der Waals surface area contributed by atoms with Gasteiger partial charge < -0.3 is 4.90 Å². The highest BCUT2D eigenvalue weighted by molar-refractivity contribution is 5.78. The van der Waals surface area contributed by atoms with Crippen LogP contribution in [0.2, 0.25) is 0 Å². The summed E-state index contributed by atoms with van der Waals surface area (Å²) < 4.78 is 0. The molecule has 76 valence electrons. The molecule has 0 N–H and O–H groups in total. The highest BCUT2D eigenvalue weighted by Crippen LogP contribution is 2.24. The number of piperidine rings is 1. The van der Waals surface area contributed by atoms with E-state index in [2.05, 4.69) is 18.7 Å². The number of likely N-dealkylation sites (tertiary alicyclic amines) is 1. The summed E-state index contributed by atoms with van der Waals surface area (Å²) in [5, 5.41) is 0. The molecule has 1 heterocycles. The molecule has 0 radical (unpaired) electrons. The van der Waals surface area contributed by atoms with Crippen LogP contribution in [-0.2, 0) is 4.79 Å². The number of hydrogen-bond donors (Lipinski definition) is 0. The highest BCUT2D eigenvalue weighted by atomic mass is 16.2. The Morgan fingerprint density at radius 1 is 1.23 bits per heavy atom. The Morgan fingerprint density at radius 3 is 2.08 bits per heavy atom. The smallest absolute Gasteiger partial charge is 0.225 e. The molecule has 2 nitrogen and oxygen atoms in total. The second-order valence-corrected chi connectivity index (χ2v) is 4.53. The summed E-state index contributed by atoms with van der Waals surface area (Å²) in [5.74, 6) is 0.461. The highest BCUT2D eigenvalue weighted by Gasteiger charge is 2.29. The molecule has 0 saturated carbocycles. The van der Waals surface area contributed by atoms with Crippen LogP contribution >= 0.6 is 0 Å². The maximum Gasteiger partial charge on any atom is 0.225 e. The van der Waals surface area contributed by atoms with Gasteiger partial charge in [-0.05, 0) is 33.1 Å². The van der Waals surface area contributed by atoms with Gasteiger partial charge in [-0.3, -0.25) is 4.79 Å². The van der Waals surface area contributed by atoms with Gasteiger partial charge in [0.1, 0.15) is 0 Å². The van der Waals surface area contributed by atoms with Gasteiger partial charge >= 0.3 is 0 Å². The summed E-state index contributed by atoms with van der Waals surface area (Å²) in [7, 11) is 0. The maximum absolute atomic E-state index is 11.8. The van der Waals surface area contributed by atoms with Crippen LogP contribution in [0.15, 0.2) is 0 Å². The number of carbonyl (C=O) groups is 1. The third-order valence-corrected chi connectivity index (χ3v) is 2.94. The molecule has 1 fully saturated rings. The van der Waals surface area contributed by atoms with Gasteiger partial charge in [0, 0.05) is 18.0 Å². The molecule has 0 aliphatic carbocycles. The van der Waals surface area contributed by atoms with E-state index in [1.54, 1.807) is 0 Å². The van der Waals surface area contributed by atoms with E-state index >= 15 is 0 Å². The lowest BCUT2D eigenvalue weighted by atomic mass is 9.96. The van der Waals surface area contributed by atoms with Gasteiger partial charge in [-0.25, -0.2) is 0 Å². The average molecular weight is 183 g/mol. The Balaban J connectivity index is 2.68. The SMILES string of the molecule is CC(C)C(=O)N1[C@H](C)CCC[C@@H]1C. The van der Waals surface area contributed by atoms with E-state index in [0.717, 1.165) is 0 Å². The van der Waals surface area contributed by atoms with Crippen LogP contribution in [0.3, 0.4) is 0 Å². The minimum absolute atomic E-state index is 0.142. The first-order valence-electron chi connectivity index (χ1n) is 5.36. The standard InChI is InChI=1S/C11H21NO/c1-8(2)11(13)12-9(3)6-5-7-10(12)4/h8-10H,5-7H2,1-4H3/t9-,10+. The molecular formula is C11H21NO. The first kappa shape index (κ1) is 10.6. The van der Waals surface area contributed by atoms with Gasteiger partial charge in [-0.15, -0.1) is 0 Å². The second kappa shape index (κ2) is 4.12. The molecule has 0 unspecified atom stereocenters. The average Bonchev–Trinajstić information content (AvgIpc) is 2.03. The summed E-state index contributed by atoms with van der Waals surface area (Å²) in [6, 6.07) is 0.886. The summed E-state index contributed by atoms with van der Waals surface area (Å²) in [6.45, 7) is 8.29. The van der Waals surface area contributed by atoms with Crippen molar-refractivity contribution in [3.8, 4) is 0 Å². The number of nitrogens with zero attached hydrogens (tertiary/aromatic N) is 1. The number of carbonyl (C=O) groups excluding carboxylic acids is 1. The third-order valence-electron chi connectivity index (χ3n) is 2.94. The van der Waals surface area contributed by atoms with Crippen LogP contribution in [0.5, 0.6) is 0 Å². The lowest BCUT2D eigenvalue weighted by Gasteiger charge is -2.40. The topological polar surface area (TPSA) is 20.3 Å². The number of amides is 1. The molecule has 0 aromatic heterocycles. The van der Waals surface area contributed by atoms with Crippen LogP contribution in [0.25, 0.3) is 0 Å². The predicted molar refractivity (Wildman–Crippen MR) is 54.5 cm³/mol. The van der Waals surface area contributed by atoms with Gasteiger partial charge in [-0.1, -0.05) is 13.8 Å². The monoisotopic (exact) mass is 183 g/mol. The van der Waals surface area contributed by atoms with Crippen molar-refractivity contribution in [2.24, 2.45) is 5.92 Å². The third kappa shape index (κ3) is 2.23. The van der Waals surface area contributed by atoms with Crippen molar-refractivity contribution in [2.75, 3.05) is 0 Å². The van der Waals surface area contributed by atoms with Gasteiger partial charge in [0.25, 0.3) is 0 Å². The van der Waals surface area contributed by atoms with E-state index < -0.39 is 0 Å². The first-order chi connectivity index (χ1) is 6.04. The van der Waals surface area contributed by atoms with E-state index in [-0.39, 0.29) is 5.92 Å². The summed E-state index contributed by atoms with van der Waals surface area (Å²) in [6.07, 6.45) is 3.61. The van der Waals surface area contributed by atoms with Crippen LogP contribution in [0, 0.1) is 5.92 Å². The molecule has 1 aliphatic rings. The van der Waals surface area contributed by atoms with E-state index in [0.29, 0.717) is 18.0 Å². The van der Waals surface area contributed by atoms with Crippen LogP contribution in [0.4, 0.5) is 0 Å². The fourth-order valence-corrected chi connectivity index (χ4v) is 2.15. The Kier molecular flexibility index (Phi) is 3.34. The molecule has 1 amide bonds. The van der Waals surface area contributed by atoms with Gasteiger partial charge in [0.05, 0.1) is 0 Å². The summed E-state index contributed by atoms with van der Waals surface area (Å²) >= 11 is 0. The van der Waals surface area contributed by atoms with Crippen molar-refractivity contribution in [3.05, 3.63) is 0 Å². The molecule has 0 bridgehead atoms. The number of rotatable bonds is 1. The Morgan fingerprint density at radius 2 is 1.69 bits per heavy atom. The lowest BCUT2D eigenvalue weighted by molar-refractivity contribution is -0.140. The Labute approximate surface area is 81.3 Å². The predicted octanol–water partition coefficient (Wildman–Crippen LogP) is 2.43. The van der Waals surface area contributed by atoms with E-state index in [4.69, 9.17) is 0 Å². The van der Waals surface area contributed by atoms with Crippen molar-refractivity contribution < 1.29 is 4.79 Å². The quantitative estimate of drug-likeness (QED) is 0.611. The molecule has 2 atom stereocenters. The van der Waals surface area contributed by atoms with Crippen molar-refractivity contribution in [1.82, 2.24) is 4.90 Å². The second-order valence-electron chi connectivity index (χ2n) is 4.53. The van der Waals surface area contributed by atoms with Gasteiger partial charge in [0.2, 0.25) is 5.91 Å². The van der Waals surface area contributed by atoms with Gasteiger partial charge in [0.15, 0.2) is 0 Å². The molecule has 2 heteroatoms. The minimum Gasteiger partial charge on any atom is -0.337 e. The van der Waals surface area contributed by atoms with Crippen molar-refractivity contribution in [3.63, 3.8) is 0 Å². The molecule has 1 saturated heterocycles. The molecule has 1 rings (SSSR count). The van der Waals surface area contributed by atoms with Crippen molar-refractivity contribution in [1.29, 1.82) is 0 Å². The number of hydrogen-bond acceptors (Lipinski definition) is 1. The summed E-state index contributed by atoms with van der Waals surface area (Å²) in [4.78, 5) is 13.9. The first-order valence-corrected chi connectivity index (χ1v) is 5.36. The van der Waals surface area contributed by atoms with Crippen LogP contribution < -0.4 is 0 Å². The molecule has 0 aromatic carbocycles. The Hall–Kier alpha value is -0.530. The molecular weight excluding hydrogens is 162 g/mol.